The van der Waals surface area contributed by atoms with E-state index in [1.807, 2.05) is 0 Å². The predicted molar refractivity (Wildman–Crippen MR) is 135 cm³/mol. The number of nitrogens with zero attached hydrogens (tertiary/aromatic N) is 2. The number of hydrogen-bond donors (Lipinski definition) is 2. The van der Waals surface area contributed by atoms with Crippen LogP contribution in [0.25, 0.3) is 16.5 Å². The van der Waals surface area contributed by atoms with Crippen LogP contribution in [-0.4, -0.2) is 41.0 Å². The Morgan fingerprint density at radius 2 is 1.78 bits per heavy atom. The predicted octanol–water partition coefficient (Wildman–Crippen LogP) is 3.54. The maximum atomic E-state index is 13.2. The van der Waals surface area contributed by atoms with Crippen LogP contribution in [0.4, 0.5) is 4.39 Å². The number of benzene rings is 3. The number of amides is 1. The highest BCUT2D eigenvalue weighted by Crippen LogP contribution is 2.26. The van der Waals surface area contributed by atoms with Gasteiger partial charge in [-0.2, -0.15) is 5.10 Å². The number of carbonyl (C=O) groups excluding carboxylic acids is 2. The number of rotatable bonds is 8. The van der Waals surface area contributed by atoms with Crippen molar-refractivity contribution in [3.05, 3.63) is 100 Å². The highest BCUT2D eigenvalue weighted by atomic mass is 19.1. The fourth-order valence-electron chi connectivity index (χ4n) is 3.60. The van der Waals surface area contributed by atoms with E-state index in [4.69, 9.17) is 9.47 Å². The number of aromatic nitrogens is 1. The molecule has 1 heterocycles. The average molecular weight is 503 g/mol. The molecule has 0 saturated carbocycles. The first-order valence-electron chi connectivity index (χ1n) is 11.2. The number of hydrazone groups is 1. The maximum absolute atomic E-state index is 13.2. The number of pyridine rings is 1. The van der Waals surface area contributed by atoms with Crippen LogP contribution in [0.2, 0.25) is 0 Å². The van der Waals surface area contributed by atoms with Crippen molar-refractivity contribution in [3.63, 3.8) is 0 Å². The van der Waals surface area contributed by atoms with Crippen molar-refractivity contribution in [2.24, 2.45) is 5.10 Å². The zero-order valence-electron chi connectivity index (χ0n) is 19.7. The molecule has 2 N–H and O–H groups in total. The third kappa shape index (κ3) is 5.64. The molecule has 1 amide bonds. The molecule has 0 fully saturated rings. The topological polar surface area (TPSA) is 119 Å². The van der Waals surface area contributed by atoms with E-state index in [2.05, 4.69) is 10.5 Å². The molecular formula is C27H22FN3O6. The summed E-state index contributed by atoms with van der Waals surface area (Å²) in [6.45, 7) is 1.50. The zero-order chi connectivity index (χ0) is 26.4. The molecule has 9 nitrogen and oxygen atoms in total. The van der Waals surface area contributed by atoms with E-state index in [0.717, 1.165) is 10.6 Å². The van der Waals surface area contributed by atoms with Gasteiger partial charge in [-0.1, -0.05) is 24.3 Å². The Bertz CT molecular complexity index is 1550. The Kier molecular flexibility index (Phi) is 7.58. The standard InChI is InChI=1S/C27H22FN3O6/c1-2-36-27(35)17-10-12-19(13-11-17)31-25(33)22-9-4-3-8-21(22)23(26(31)34)15-29-30-24(32)16-37-20-7-5-6-18(28)14-20/h3-15,34H,2,16H2,1H3,(H,30,32). The van der Waals surface area contributed by atoms with Crippen LogP contribution < -0.4 is 15.7 Å². The molecule has 3 aromatic carbocycles. The summed E-state index contributed by atoms with van der Waals surface area (Å²) in [7, 11) is 0. The summed E-state index contributed by atoms with van der Waals surface area (Å²) in [5, 5.41) is 15.6. The zero-order valence-corrected chi connectivity index (χ0v) is 19.7. The number of ether oxygens (including phenoxy) is 2. The van der Waals surface area contributed by atoms with E-state index in [-0.39, 0.29) is 17.9 Å². The van der Waals surface area contributed by atoms with Crippen LogP contribution in [0.1, 0.15) is 22.8 Å². The molecule has 0 unspecified atom stereocenters. The number of nitrogens with one attached hydrogen (secondary N) is 1. The van der Waals surface area contributed by atoms with Crippen molar-refractivity contribution in [2.75, 3.05) is 13.2 Å². The van der Waals surface area contributed by atoms with Gasteiger partial charge >= 0.3 is 5.97 Å². The minimum Gasteiger partial charge on any atom is -0.494 e. The summed E-state index contributed by atoms with van der Waals surface area (Å²) >= 11 is 0. The summed E-state index contributed by atoms with van der Waals surface area (Å²) in [4.78, 5) is 37.3. The monoisotopic (exact) mass is 503 g/mol. The second kappa shape index (κ2) is 11.2. The second-order valence-corrected chi connectivity index (χ2v) is 7.73. The number of fused-ring (bicyclic) bond motifs is 1. The van der Waals surface area contributed by atoms with Gasteiger partial charge in [0, 0.05) is 16.8 Å². The molecule has 0 aliphatic heterocycles. The Balaban J connectivity index is 1.61. The summed E-state index contributed by atoms with van der Waals surface area (Å²) in [6.07, 6.45) is 1.21. The first kappa shape index (κ1) is 25.1. The van der Waals surface area contributed by atoms with E-state index >= 15 is 0 Å². The van der Waals surface area contributed by atoms with Crippen LogP contribution in [0.5, 0.6) is 11.6 Å². The van der Waals surface area contributed by atoms with Crippen molar-refractivity contribution < 1.29 is 28.6 Å². The van der Waals surface area contributed by atoms with Gasteiger partial charge in [0.15, 0.2) is 6.61 Å². The van der Waals surface area contributed by atoms with Gasteiger partial charge in [0.05, 0.1) is 29.6 Å². The number of hydrogen-bond acceptors (Lipinski definition) is 7. The van der Waals surface area contributed by atoms with Gasteiger partial charge < -0.3 is 14.6 Å². The van der Waals surface area contributed by atoms with Crippen LogP contribution in [0, 0.1) is 5.82 Å². The Morgan fingerprint density at radius 1 is 1.05 bits per heavy atom. The molecule has 0 spiro atoms. The Hall–Kier alpha value is -4.99. The van der Waals surface area contributed by atoms with Gasteiger partial charge in [-0.05, 0) is 49.4 Å². The lowest BCUT2D eigenvalue weighted by Crippen LogP contribution is -2.25. The normalized spacial score (nSPS) is 11.0. The van der Waals surface area contributed by atoms with Crippen molar-refractivity contribution in [1.29, 1.82) is 0 Å². The summed E-state index contributed by atoms with van der Waals surface area (Å²) in [5.41, 5.74) is 2.57. The van der Waals surface area contributed by atoms with E-state index in [1.54, 1.807) is 31.2 Å². The van der Waals surface area contributed by atoms with Gasteiger partial charge in [-0.3, -0.25) is 9.59 Å². The van der Waals surface area contributed by atoms with Gasteiger partial charge in [0.1, 0.15) is 11.6 Å². The third-order valence-corrected chi connectivity index (χ3v) is 5.29. The Morgan fingerprint density at radius 3 is 2.49 bits per heavy atom. The van der Waals surface area contributed by atoms with Gasteiger partial charge in [0.25, 0.3) is 11.5 Å². The SMILES string of the molecule is CCOC(=O)c1ccc(-n2c(O)c(C=NNC(=O)COc3cccc(F)c3)c3ccccc3c2=O)cc1. The van der Waals surface area contributed by atoms with Gasteiger partial charge in [-0.25, -0.2) is 19.2 Å². The minimum atomic E-state index is -0.618. The lowest BCUT2D eigenvalue weighted by Gasteiger charge is -2.14. The number of carbonyl (C=O) groups is 2. The minimum absolute atomic E-state index is 0.177. The molecule has 1 aromatic heterocycles. The van der Waals surface area contributed by atoms with E-state index in [1.165, 1.54) is 48.7 Å². The van der Waals surface area contributed by atoms with Crippen molar-refractivity contribution in [3.8, 4) is 17.3 Å². The maximum Gasteiger partial charge on any atom is 0.338 e. The quantitative estimate of drug-likeness (QED) is 0.216. The lowest BCUT2D eigenvalue weighted by molar-refractivity contribution is -0.123. The first-order chi connectivity index (χ1) is 17.9. The number of aromatic hydroxyl groups is 1. The van der Waals surface area contributed by atoms with Crippen molar-refractivity contribution in [1.82, 2.24) is 9.99 Å². The Labute approximate surface area is 210 Å². The van der Waals surface area contributed by atoms with Gasteiger partial charge in [-0.15, -0.1) is 0 Å². The summed E-state index contributed by atoms with van der Waals surface area (Å²) in [5.74, 6) is -1.85. The third-order valence-electron chi connectivity index (χ3n) is 5.29. The summed E-state index contributed by atoms with van der Waals surface area (Å²) < 4.78 is 24.5. The fraction of sp³-hybridized carbons (Fsp3) is 0.111. The molecule has 10 heteroatoms. The lowest BCUT2D eigenvalue weighted by atomic mass is 10.1. The molecule has 0 aliphatic carbocycles. The molecule has 4 rings (SSSR count). The molecule has 0 atom stereocenters. The van der Waals surface area contributed by atoms with E-state index < -0.39 is 35.7 Å². The molecule has 37 heavy (non-hydrogen) atoms. The van der Waals surface area contributed by atoms with E-state index in [0.29, 0.717) is 22.0 Å². The van der Waals surface area contributed by atoms with Crippen LogP contribution in [0.3, 0.4) is 0 Å². The van der Waals surface area contributed by atoms with Crippen LogP contribution in [-0.2, 0) is 9.53 Å². The highest BCUT2D eigenvalue weighted by Gasteiger charge is 2.17. The van der Waals surface area contributed by atoms with Crippen molar-refractivity contribution in [2.45, 2.75) is 6.92 Å². The molecule has 0 saturated heterocycles. The van der Waals surface area contributed by atoms with E-state index in [9.17, 15) is 23.9 Å². The van der Waals surface area contributed by atoms with Crippen LogP contribution in [0.15, 0.2) is 82.7 Å². The average Bonchev–Trinajstić information content (AvgIpc) is 2.90. The van der Waals surface area contributed by atoms with Gasteiger partial charge in [0.2, 0.25) is 5.88 Å². The molecule has 0 radical (unpaired) electrons. The molecule has 0 bridgehead atoms. The highest BCUT2D eigenvalue weighted by molar-refractivity contribution is 6.02. The molecule has 4 aromatic rings. The molecule has 0 aliphatic rings. The summed E-state index contributed by atoms with van der Waals surface area (Å²) in [6, 6.07) is 18.0. The molecular weight excluding hydrogens is 481 g/mol. The fourth-order valence-corrected chi connectivity index (χ4v) is 3.60. The van der Waals surface area contributed by atoms with Crippen LogP contribution >= 0.6 is 0 Å². The first-order valence-corrected chi connectivity index (χ1v) is 11.2. The number of halogens is 1. The number of esters is 1. The smallest absolute Gasteiger partial charge is 0.338 e. The molecule has 188 valence electrons. The van der Waals surface area contributed by atoms with Crippen molar-refractivity contribution >= 4 is 28.9 Å². The largest absolute Gasteiger partial charge is 0.494 e. The second-order valence-electron chi connectivity index (χ2n) is 7.73.